The van der Waals surface area contributed by atoms with E-state index in [-0.39, 0.29) is 24.1 Å². The van der Waals surface area contributed by atoms with Crippen molar-refractivity contribution in [2.45, 2.75) is 51.9 Å². The van der Waals surface area contributed by atoms with Gasteiger partial charge in [-0.1, -0.05) is 35.9 Å². The van der Waals surface area contributed by atoms with Crippen LogP contribution in [0.1, 0.15) is 61.5 Å². The van der Waals surface area contributed by atoms with Gasteiger partial charge in [0.05, 0.1) is 22.8 Å². The van der Waals surface area contributed by atoms with Gasteiger partial charge in [-0.2, -0.15) is 10.4 Å². The Morgan fingerprint density at radius 1 is 0.981 bits per heavy atom. The SMILES string of the molecule is Cc1c(-c2ccc(C#N)c(Cl)c2)nn(Cc2ccc(C(=O)N3CCN(C4CN(c5ccc6c(c5)C(=O)N(C5CCC(=O)NC5=O)C6)C4)CC3)cc2)c1C. The molecule has 3 aromatic carbocycles. The summed E-state index contributed by atoms with van der Waals surface area (Å²) in [6.07, 6.45) is 0.588. The largest absolute Gasteiger partial charge is 0.368 e. The number of nitrogens with one attached hydrogen (secondary N) is 1. The van der Waals surface area contributed by atoms with Gasteiger partial charge >= 0.3 is 0 Å². The first-order valence-corrected chi connectivity index (χ1v) is 18.3. The summed E-state index contributed by atoms with van der Waals surface area (Å²) in [5, 5.41) is 16.8. The Kier molecular flexibility index (Phi) is 9.00. The third kappa shape index (κ3) is 6.44. The van der Waals surface area contributed by atoms with Crippen molar-refractivity contribution in [1.82, 2.24) is 29.8 Å². The maximum atomic E-state index is 13.5. The van der Waals surface area contributed by atoms with Crippen molar-refractivity contribution in [3.63, 3.8) is 0 Å². The lowest BCUT2D eigenvalue weighted by Gasteiger charge is -2.49. The Balaban J connectivity index is 0.828. The van der Waals surface area contributed by atoms with E-state index in [0.29, 0.717) is 60.4 Å². The molecule has 4 amide bonds. The number of halogens is 1. The van der Waals surface area contributed by atoms with E-state index in [0.717, 1.165) is 65.5 Å². The number of nitrogens with zero attached hydrogens (tertiary/aromatic N) is 7. The van der Waals surface area contributed by atoms with Crippen LogP contribution in [0, 0.1) is 25.2 Å². The second kappa shape index (κ2) is 13.8. The number of anilines is 1. The number of carbonyl (C=O) groups excluding carboxylic acids is 4. The summed E-state index contributed by atoms with van der Waals surface area (Å²) in [4.78, 5) is 59.0. The molecule has 0 radical (unpaired) electrons. The maximum absolute atomic E-state index is 13.5. The third-order valence-corrected chi connectivity index (χ3v) is 11.6. The molecule has 270 valence electrons. The van der Waals surface area contributed by atoms with E-state index in [1.54, 1.807) is 17.0 Å². The molecule has 0 spiro atoms. The molecular weight excluding hydrogens is 692 g/mol. The average Bonchev–Trinajstić information content (AvgIpc) is 3.61. The molecule has 4 aliphatic rings. The second-order valence-corrected chi connectivity index (χ2v) is 14.8. The number of amides is 4. The molecular formula is C40H39ClN8O4. The minimum absolute atomic E-state index is 0.0340. The van der Waals surface area contributed by atoms with Crippen molar-refractivity contribution in [2.24, 2.45) is 0 Å². The molecule has 3 saturated heterocycles. The maximum Gasteiger partial charge on any atom is 0.255 e. The van der Waals surface area contributed by atoms with Crippen LogP contribution in [-0.4, -0.2) is 99.5 Å². The number of piperidine rings is 1. The summed E-state index contributed by atoms with van der Waals surface area (Å²) in [5.41, 5.74) is 8.43. The smallest absolute Gasteiger partial charge is 0.255 e. The van der Waals surface area contributed by atoms with Gasteiger partial charge in [-0.25, -0.2) is 0 Å². The molecule has 0 aliphatic carbocycles. The summed E-state index contributed by atoms with van der Waals surface area (Å²) in [5.74, 6) is -0.816. The molecule has 1 atom stereocenters. The van der Waals surface area contributed by atoms with Crippen LogP contribution < -0.4 is 10.2 Å². The quantitative estimate of drug-likeness (QED) is 0.281. The average molecular weight is 731 g/mol. The fourth-order valence-corrected chi connectivity index (χ4v) is 8.07. The van der Waals surface area contributed by atoms with E-state index < -0.39 is 11.9 Å². The van der Waals surface area contributed by atoms with Gasteiger partial charge in [0.15, 0.2) is 0 Å². The zero-order chi connectivity index (χ0) is 37.0. The second-order valence-electron chi connectivity index (χ2n) is 14.3. The van der Waals surface area contributed by atoms with Crippen LogP contribution in [0.25, 0.3) is 11.3 Å². The molecule has 1 unspecified atom stereocenters. The van der Waals surface area contributed by atoms with Crippen molar-refractivity contribution in [3.8, 4) is 17.3 Å². The zero-order valence-electron chi connectivity index (χ0n) is 29.6. The van der Waals surface area contributed by atoms with Gasteiger partial charge in [-0.3, -0.25) is 34.1 Å². The fourth-order valence-electron chi connectivity index (χ4n) is 7.85. The third-order valence-electron chi connectivity index (χ3n) is 11.3. The predicted octanol–water partition coefficient (Wildman–Crippen LogP) is 4.15. The highest BCUT2D eigenvalue weighted by Crippen LogP contribution is 2.33. The van der Waals surface area contributed by atoms with Gasteiger partial charge in [0.25, 0.3) is 11.8 Å². The van der Waals surface area contributed by atoms with Crippen molar-refractivity contribution < 1.29 is 19.2 Å². The van der Waals surface area contributed by atoms with E-state index in [1.807, 2.05) is 72.0 Å². The standard InChI is InChI=1S/C40H39ClN8O4/c1-24-25(2)49(44-37(24)28-7-8-29(19-42)34(41)17-28)20-26-3-5-27(6-4-26)39(52)46-15-13-45(14-16-46)32-22-47(23-32)31-10-9-30-21-48(40(53)33(30)18-31)35-11-12-36(50)43-38(35)51/h3-10,17-18,32,35H,11-16,20-23H2,1-2H3,(H,43,50,51). The molecule has 8 rings (SSSR count). The molecule has 1 N–H and O–H groups in total. The molecule has 13 heteroatoms. The number of benzene rings is 3. The summed E-state index contributed by atoms with van der Waals surface area (Å²) in [6.45, 7) is 9.61. The highest BCUT2D eigenvalue weighted by Gasteiger charge is 2.40. The molecule has 1 aromatic heterocycles. The van der Waals surface area contributed by atoms with Gasteiger partial charge in [0.2, 0.25) is 11.8 Å². The Morgan fingerprint density at radius 2 is 1.74 bits per heavy atom. The number of carbonyl (C=O) groups is 4. The number of aromatic nitrogens is 2. The minimum Gasteiger partial charge on any atom is -0.368 e. The molecule has 12 nitrogen and oxygen atoms in total. The first-order valence-electron chi connectivity index (χ1n) is 18.0. The van der Waals surface area contributed by atoms with Gasteiger partial charge in [0, 0.05) is 86.3 Å². The van der Waals surface area contributed by atoms with Crippen LogP contribution >= 0.6 is 11.6 Å². The Bertz CT molecular complexity index is 2190. The van der Waals surface area contributed by atoms with Gasteiger partial charge in [0.1, 0.15) is 12.1 Å². The normalized spacial score (nSPS) is 19.2. The molecule has 5 heterocycles. The number of rotatable bonds is 7. The van der Waals surface area contributed by atoms with Gasteiger partial charge in [-0.15, -0.1) is 0 Å². The van der Waals surface area contributed by atoms with E-state index >= 15 is 0 Å². The highest BCUT2D eigenvalue weighted by molar-refractivity contribution is 6.32. The van der Waals surface area contributed by atoms with Gasteiger partial charge < -0.3 is 14.7 Å². The highest BCUT2D eigenvalue weighted by atomic mass is 35.5. The molecule has 0 bridgehead atoms. The van der Waals surface area contributed by atoms with Crippen LogP contribution in [0.3, 0.4) is 0 Å². The molecule has 4 aliphatic heterocycles. The first kappa shape index (κ1) is 34.6. The summed E-state index contributed by atoms with van der Waals surface area (Å²) >= 11 is 6.29. The Hall–Kier alpha value is -5.51. The van der Waals surface area contributed by atoms with Crippen molar-refractivity contribution in [3.05, 3.63) is 105 Å². The number of hydrogen-bond donors (Lipinski definition) is 1. The summed E-state index contributed by atoms with van der Waals surface area (Å²) in [7, 11) is 0. The monoisotopic (exact) mass is 730 g/mol. The summed E-state index contributed by atoms with van der Waals surface area (Å²) in [6, 6.07) is 20.9. The van der Waals surface area contributed by atoms with E-state index in [4.69, 9.17) is 16.7 Å². The zero-order valence-corrected chi connectivity index (χ0v) is 30.4. The minimum atomic E-state index is -0.617. The lowest BCUT2D eigenvalue weighted by Crippen LogP contribution is -2.63. The van der Waals surface area contributed by atoms with Crippen LogP contribution in [-0.2, 0) is 22.7 Å². The van der Waals surface area contributed by atoms with Crippen molar-refractivity contribution in [2.75, 3.05) is 44.2 Å². The lowest BCUT2D eigenvalue weighted by molar-refractivity contribution is -0.136. The lowest BCUT2D eigenvalue weighted by atomic mass is 10.0. The van der Waals surface area contributed by atoms with Crippen LogP contribution in [0.5, 0.6) is 0 Å². The number of hydrogen-bond acceptors (Lipinski definition) is 8. The number of nitriles is 1. The first-order chi connectivity index (χ1) is 25.6. The topological polar surface area (TPSA) is 135 Å². The molecule has 4 aromatic rings. The van der Waals surface area contributed by atoms with E-state index in [1.165, 1.54) is 0 Å². The Morgan fingerprint density at radius 3 is 2.43 bits per heavy atom. The van der Waals surface area contributed by atoms with Crippen LogP contribution in [0.4, 0.5) is 5.69 Å². The molecule has 3 fully saturated rings. The number of fused-ring (bicyclic) bond motifs is 1. The number of piperazine rings is 1. The van der Waals surface area contributed by atoms with Crippen molar-refractivity contribution >= 4 is 40.9 Å². The molecule has 0 saturated carbocycles. The van der Waals surface area contributed by atoms with Crippen molar-refractivity contribution in [1.29, 1.82) is 5.26 Å². The van der Waals surface area contributed by atoms with Gasteiger partial charge in [-0.05, 0) is 73.4 Å². The molecule has 53 heavy (non-hydrogen) atoms. The van der Waals surface area contributed by atoms with E-state index in [9.17, 15) is 24.4 Å². The summed E-state index contributed by atoms with van der Waals surface area (Å²) < 4.78 is 1.95. The number of imide groups is 1. The fraction of sp³-hybridized carbons (Fsp3) is 0.350. The van der Waals surface area contributed by atoms with Crippen LogP contribution in [0.2, 0.25) is 5.02 Å². The van der Waals surface area contributed by atoms with Crippen LogP contribution in [0.15, 0.2) is 60.7 Å². The Labute approximate surface area is 312 Å². The predicted molar refractivity (Wildman–Crippen MR) is 198 cm³/mol. The van der Waals surface area contributed by atoms with E-state index in [2.05, 4.69) is 21.2 Å².